The van der Waals surface area contributed by atoms with Gasteiger partial charge in [0.15, 0.2) is 6.04 Å². The van der Waals surface area contributed by atoms with E-state index in [1.165, 1.54) is 4.90 Å². The molecule has 2 aliphatic rings. The van der Waals surface area contributed by atoms with Crippen molar-refractivity contribution in [2.24, 2.45) is 0 Å². The minimum Gasteiger partial charge on any atom is -0.378 e. The lowest BCUT2D eigenvalue weighted by Crippen LogP contribution is -3.16. The molecule has 0 bridgehead atoms. The average molecular weight is 368 g/mol. The number of carbonyl (C=O) groups excluding carboxylic acids is 1. The summed E-state index contributed by atoms with van der Waals surface area (Å²) >= 11 is 0. The first-order chi connectivity index (χ1) is 13.3. The zero-order valence-electron chi connectivity index (χ0n) is 15.6. The summed E-state index contributed by atoms with van der Waals surface area (Å²) in [4.78, 5) is 22.4. The summed E-state index contributed by atoms with van der Waals surface area (Å²) in [6.45, 7) is 6.43. The van der Waals surface area contributed by atoms with Crippen molar-refractivity contribution in [2.75, 3.05) is 57.4 Å². The van der Waals surface area contributed by atoms with Gasteiger partial charge in [-0.05, 0) is 6.07 Å². The van der Waals surface area contributed by atoms with Gasteiger partial charge in [-0.15, -0.1) is 0 Å². The lowest BCUT2D eigenvalue weighted by molar-refractivity contribution is -0.923. The van der Waals surface area contributed by atoms with Crippen molar-refractivity contribution >= 4 is 11.7 Å². The molecule has 1 atom stereocenters. The SMILES string of the molecule is O=C([C@H](c1ccccc1)[NH+]1CCN(c2cccc[nH+]2)CC1)N1CCOCC1. The maximum absolute atomic E-state index is 13.4. The Morgan fingerprint density at radius 2 is 1.67 bits per heavy atom. The van der Waals surface area contributed by atoms with Gasteiger partial charge in [-0.25, -0.2) is 4.98 Å². The predicted octanol–water partition coefficient (Wildman–Crippen LogP) is -0.194. The molecule has 0 radical (unpaired) electrons. The van der Waals surface area contributed by atoms with E-state index in [9.17, 15) is 4.79 Å². The Bertz CT molecular complexity index is 726. The third-order valence-electron chi connectivity index (χ3n) is 5.55. The molecule has 0 saturated carbocycles. The van der Waals surface area contributed by atoms with Crippen LogP contribution < -0.4 is 14.8 Å². The van der Waals surface area contributed by atoms with E-state index in [-0.39, 0.29) is 11.9 Å². The molecule has 2 saturated heterocycles. The van der Waals surface area contributed by atoms with Gasteiger partial charge in [0.05, 0.1) is 19.4 Å². The van der Waals surface area contributed by atoms with Crippen LogP contribution in [-0.4, -0.2) is 63.3 Å². The highest BCUT2D eigenvalue weighted by Crippen LogP contribution is 2.15. The summed E-state index contributed by atoms with van der Waals surface area (Å²) in [5.74, 6) is 1.38. The number of aromatic amines is 1. The molecule has 142 valence electrons. The molecule has 1 aromatic heterocycles. The first-order valence-electron chi connectivity index (χ1n) is 9.80. The van der Waals surface area contributed by atoms with Gasteiger partial charge in [-0.2, -0.15) is 0 Å². The van der Waals surface area contributed by atoms with Crippen LogP contribution in [0.4, 0.5) is 5.82 Å². The molecule has 6 heteroatoms. The summed E-state index contributed by atoms with van der Waals surface area (Å²) in [5, 5.41) is 0. The second-order valence-corrected chi connectivity index (χ2v) is 7.17. The molecule has 27 heavy (non-hydrogen) atoms. The number of hydrogen-bond donors (Lipinski definition) is 1. The number of pyridine rings is 1. The van der Waals surface area contributed by atoms with Crippen molar-refractivity contribution < 1.29 is 19.4 Å². The number of amides is 1. The van der Waals surface area contributed by atoms with Crippen molar-refractivity contribution in [1.29, 1.82) is 0 Å². The summed E-state index contributed by atoms with van der Waals surface area (Å²) in [6.07, 6.45) is 1.96. The van der Waals surface area contributed by atoms with Gasteiger partial charge < -0.3 is 14.5 Å². The number of nitrogens with zero attached hydrogens (tertiary/aromatic N) is 2. The molecule has 2 aromatic rings. The normalized spacial score (nSPS) is 19.7. The van der Waals surface area contributed by atoms with E-state index in [4.69, 9.17) is 4.74 Å². The third-order valence-corrected chi connectivity index (χ3v) is 5.55. The fourth-order valence-corrected chi connectivity index (χ4v) is 4.07. The van der Waals surface area contributed by atoms with Crippen molar-refractivity contribution in [3.8, 4) is 0 Å². The number of anilines is 1. The number of piperazine rings is 1. The topological polar surface area (TPSA) is 51.4 Å². The van der Waals surface area contributed by atoms with Gasteiger partial charge in [0.25, 0.3) is 11.7 Å². The maximum Gasteiger partial charge on any atom is 0.285 e. The van der Waals surface area contributed by atoms with Crippen LogP contribution in [0, 0.1) is 0 Å². The quantitative estimate of drug-likeness (QED) is 0.814. The first-order valence-corrected chi connectivity index (χ1v) is 9.80. The van der Waals surface area contributed by atoms with Crippen molar-refractivity contribution in [3.63, 3.8) is 0 Å². The fourth-order valence-electron chi connectivity index (χ4n) is 4.07. The Hall–Kier alpha value is -2.44. The maximum atomic E-state index is 13.4. The number of morpholine rings is 1. The molecule has 6 nitrogen and oxygen atoms in total. The Morgan fingerprint density at radius 3 is 2.33 bits per heavy atom. The van der Waals surface area contributed by atoms with E-state index < -0.39 is 0 Å². The highest BCUT2D eigenvalue weighted by Gasteiger charge is 2.38. The molecular weight excluding hydrogens is 340 g/mol. The van der Waals surface area contributed by atoms with Gasteiger partial charge in [0.1, 0.15) is 26.2 Å². The molecule has 1 aromatic carbocycles. The number of benzene rings is 1. The van der Waals surface area contributed by atoms with Gasteiger partial charge >= 0.3 is 0 Å². The van der Waals surface area contributed by atoms with Crippen LogP contribution >= 0.6 is 0 Å². The van der Waals surface area contributed by atoms with Crippen LogP contribution in [0.15, 0.2) is 54.7 Å². The number of carbonyl (C=O) groups is 1. The summed E-state index contributed by atoms with van der Waals surface area (Å²) in [5.41, 5.74) is 1.11. The van der Waals surface area contributed by atoms with Crippen LogP contribution in [0.2, 0.25) is 0 Å². The van der Waals surface area contributed by atoms with E-state index in [0.717, 1.165) is 37.6 Å². The first kappa shape index (κ1) is 17.9. The average Bonchev–Trinajstić information content (AvgIpc) is 2.76. The van der Waals surface area contributed by atoms with Gasteiger partial charge in [0, 0.05) is 24.7 Å². The zero-order valence-corrected chi connectivity index (χ0v) is 15.6. The minimum absolute atomic E-state index is 0.133. The standard InChI is InChI=1S/C21H26N4O2/c26-21(25-14-16-27-17-15-25)20(18-6-2-1-3-7-18)24-12-10-23(11-13-24)19-8-4-5-9-22-19/h1-9,20H,10-17H2/p+2/t20-/m0/s1. The number of H-pyrrole nitrogens is 1. The molecule has 0 aliphatic carbocycles. The lowest BCUT2D eigenvalue weighted by atomic mass is 10.0. The molecule has 2 fully saturated rings. The number of nitrogens with one attached hydrogen (secondary N) is 2. The summed E-state index contributed by atoms with van der Waals surface area (Å²) < 4.78 is 5.43. The molecule has 0 unspecified atom stereocenters. The van der Waals surface area contributed by atoms with E-state index in [2.05, 4.69) is 34.1 Å². The monoisotopic (exact) mass is 368 g/mol. The van der Waals surface area contributed by atoms with Crippen molar-refractivity contribution in [2.45, 2.75) is 6.04 Å². The highest BCUT2D eigenvalue weighted by molar-refractivity contribution is 5.82. The molecule has 3 heterocycles. The van der Waals surface area contributed by atoms with Crippen LogP contribution in [0.1, 0.15) is 11.6 Å². The number of hydrogen-bond acceptors (Lipinski definition) is 3. The fraction of sp³-hybridized carbons (Fsp3) is 0.429. The summed E-state index contributed by atoms with van der Waals surface area (Å²) in [7, 11) is 0. The second kappa shape index (κ2) is 8.50. The molecule has 4 rings (SSSR count). The molecule has 2 aliphatic heterocycles. The van der Waals surface area contributed by atoms with Crippen LogP contribution in [0.5, 0.6) is 0 Å². The Balaban J connectivity index is 1.50. The third kappa shape index (κ3) is 4.12. The highest BCUT2D eigenvalue weighted by atomic mass is 16.5. The molecule has 0 spiro atoms. The Labute approximate surface area is 160 Å². The van der Waals surface area contributed by atoms with Gasteiger partial charge in [-0.1, -0.05) is 36.4 Å². The van der Waals surface area contributed by atoms with Crippen molar-refractivity contribution in [3.05, 3.63) is 60.3 Å². The van der Waals surface area contributed by atoms with Gasteiger partial charge in [0.2, 0.25) is 0 Å². The minimum atomic E-state index is -0.133. The largest absolute Gasteiger partial charge is 0.378 e. The van der Waals surface area contributed by atoms with E-state index in [0.29, 0.717) is 26.3 Å². The molecule has 1 amide bonds. The summed E-state index contributed by atoms with van der Waals surface area (Å²) in [6, 6.07) is 16.3. The predicted molar refractivity (Wildman–Crippen MR) is 102 cm³/mol. The number of aromatic nitrogens is 1. The van der Waals surface area contributed by atoms with E-state index in [1.807, 2.05) is 35.4 Å². The van der Waals surface area contributed by atoms with Crippen LogP contribution in [0.3, 0.4) is 0 Å². The number of quaternary nitrogens is 1. The van der Waals surface area contributed by atoms with E-state index >= 15 is 0 Å². The van der Waals surface area contributed by atoms with Gasteiger partial charge in [-0.3, -0.25) is 9.69 Å². The van der Waals surface area contributed by atoms with E-state index in [1.54, 1.807) is 0 Å². The Kier molecular flexibility index (Phi) is 5.65. The lowest BCUT2D eigenvalue weighted by Gasteiger charge is -2.36. The smallest absolute Gasteiger partial charge is 0.285 e. The van der Waals surface area contributed by atoms with Crippen LogP contribution in [0.25, 0.3) is 0 Å². The molecular formula is C21H28N4O2+2. The Morgan fingerprint density at radius 1 is 0.963 bits per heavy atom. The van der Waals surface area contributed by atoms with Crippen molar-refractivity contribution in [1.82, 2.24) is 4.90 Å². The van der Waals surface area contributed by atoms with Crippen LogP contribution in [-0.2, 0) is 9.53 Å². The number of rotatable bonds is 4. The number of ether oxygens (including phenoxy) is 1. The molecule has 2 N–H and O–H groups in total. The zero-order chi connectivity index (χ0) is 18.5. The second-order valence-electron chi connectivity index (χ2n) is 7.17.